The van der Waals surface area contributed by atoms with Crippen molar-refractivity contribution in [2.75, 3.05) is 29.4 Å². The van der Waals surface area contributed by atoms with E-state index in [1.807, 2.05) is 12.1 Å². The van der Waals surface area contributed by atoms with E-state index in [2.05, 4.69) is 11.8 Å². The van der Waals surface area contributed by atoms with Gasteiger partial charge >= 0.3 is 5.97 Å². The van der Waals surface area contributed by atoms with Crippen LogP contribution in [0.5, 0.6) is 0 Å². The van der Waals surface area contributed by atoms with Gasteiger partial charge in [0.25, 0.3) is 0 Å². The average molecular weight is 337 g/mol. The second kappa shape index (κ2) is 6.40. The molecule has 5 nitrogen and oxygen atoms in total. The van der Waals surface area contributed by atoms with Crippen molar-refractivity contribution in [2.45, 2.75) is 26.2 Å². The lowest BCUT2D eigenvalue weighted by Gasteiger charge is -2.33. The molecule has 1 N–H and O–H groups in total. The number of benzene rings is 1. The van der Waals surface area contributed by atoms with Crippen LogP contribution in [-0.2, 0) is 9.59 Å². The molecule has 124 valence electrons. The summed E-state index contributed by atoms with van der Waals surface area (Å²) in [5.74, 6) is -0.969. The van der Waals surface area contributed by atoms with Crippen molar-refractivity contribution in [3.8, 4) is 0 Å². The number of nitrogens with zero attached hydrogens (tertiary/aromatic N) is 2. The van der Waals surface area contributed by atoms with Gasteiger partial charge in [0.05, 0.1) is 16.6 Å². The Bertz CT molecular complexity index is 626. The van der Waals surface area contributed by atoms with Crippen molar-refractivity contribution in [3.05, 3.63) is 23.2 Å². The summed E-state index contributed by atoms with van der Waals surface area (Å²) < 4.78 is 0. The molecular formula is C17H21ClN2O3. The number of carboxylic acid groups (broad SMARTS) is 1. The monoisotopic (exact) mass is 336 g/mol. The Kier molecular flexibility index (Phi) is 4.48. The molecule has 0 unspecified atom stereocenters. The molecule has 0 aromatic heterocycles. The number of carbonyl (C=O) groups is 2. The summed E-state index contributed by atoms with van der Waals surface area (Å²) >= 11 is 6.43. The van der Waals surface area contributed by atoms with E-state index in [0.717, 1.165) is 37.5 Å². The largest absolute Gasteiger partial charge is 0.481 e. The molecule has 0 saturated carbocycles. The van der Waals surface area contributed by atoms with Crippen LogP contribution in [0, 0.1) is 11.8 Å². The molecule has 0 spiro atoms. The van der Waals surface area contributed by atoms with Crippen LogP contribution in [0.15, 0.2) is 18.2 Å². The Labute approximate surface area is 140 Å². The number of rotatable bonds is 3. The van der Waals surface area contributed by atoms with Gasteiger partial charge in [0, 0.05) is 31.7 Å². The molecule has 23 heavy (non-hydrogen) atoms. The molecule has 0 bridgehead atoms. The third kappa shape index (κ3) is 3.29. The molecule has 1 atom stereocenters. The predicted octanol–water partition coefficient (Wildman–Crippen LogP) is 3.01. The smallest absolute Gasteiger partial charge is 0.308 e. The first-order valence-electron chi connectivity index (χ1n) is 8.03. The summed E-state index contributed by atoms with van der Waals surface area (Å²) in [5, 5.41) is 9.69. The van der Waals surface area contributed by atoms with Gasteiger partial charge in [-0.05, 0) is 37.0 Å². The van der Waals surface area contributed by atoms with Gasteiger partial charge in [-0.2, -0.15) is 0 Å². The molecule has 6 heteroatoms. The van der Waals surface area contributed by atoms with Crippen LogP contribution < -0.4 is 9.80 Å². The SMILES string of the molecule is CC1CCN(c2ccc(N3C[C@@H](C(=O)O)CC3=O)cc2Cl)CC1. The Balaban J connectivity index is 1.77. The molecule has 2 aliphatic heterocycles. The second-order valence-corrected chi connectivity index (χ2v) is 6.96. The molecule has 2 fully saturated rings. The summed E-state index contributed by atoms with van der Waals surface area (Å²) in [7, 11) is 0. The van der Waals surface area contributed by atoms with E-state index in [9.17, 15) is 9.59 Å². The second-order valence-electron chi connectivity index (χ2n) is 6.55. The van der Waals surface area contributed by atoms with E-state index >= 15 is 0 Å². The zero-order valence-electron chi connectivity index (χ0n) is 13.2. The minimum absolute atomic E-state index is 0.0543. The lowest BCUT2D eigenvalue weighted by Crippen LogP contribution is -2.33. The van der Waals surface area contributed by atoms with Gasteiger partial charge in [0.15, 0.2) is 0 Å². The Hall–Kier alpha value is -1.75. The first-order chi connectivity index (χ1) is 11.0. The van der Waals surface area contributed by atoms with Gasteiger partial charge in [-0.1, -0.05) is 18.5 Å². The molecule has 3 rings (SSSR count). The van der Waals surface area contributed by atoms with Crippen molar-refractivity contribution in [1.82, 2.24) is 0 Å². The molecule has 0 aliphatic carbocycles. The highest BCUT2D eigenvalue weighted by Gasteiger charge is 2.35. The van der Waals surface area contributed by atoms with Crippen molar-refractivity contribution in [1.29, 1.82) is 0 Å². The number of aliphatic carboxylic acids is 1. The fraction of sp³-hybridized carbons (Fsp3) is 0.529. The minimum atomic E-state index is -0.925. The van der Waals surface area contributed by atoms with Crippen LogP contribution in [0.1, 0.15) is 26.2 Å². The Morgan fingerprint density at radius 1 is 1.30 bits per heavy atom. The van der Waals surface area contributed by atoms with E-state index in [1.54, 1.807) is 6.07 Å². The topological polar surface area (TPSA) is 60.9 Å². The van der Waals surface area contributed by atoms with E-state index < -0.39 is 11.9 Å². The van der Waals surface area contributed by atoms with Crippen molar-refractivity contribution in [2.24, 2.45) is 11.8 Å². The first kappa shape index (κ1) is 16.1. The zero-order valence-corrected chi connectivity index (χ0v) is 13.9. The number of halogens is 1. The number of hydrogen-bond acceptors (Lipinski definition) is 3. The van der Waals surface area contributed by atoms with Crippen LogP contribution in [-0.4, -0.2) is 36.6 Å². The van der Waals surface area contributed by atoms with Crippen molar-refractivity contribution >= 4 is 34.9 Å². The summed E-state index contributed by atoms with van der Waals surface area (Å²) in [6, 6.07) is 5.58. The van der Waals surface area contributed by atoms with Crippen LogP contribution in [0.25, 0.3) is 0 Å². The average Bonchev–Trinajstić information content (AvgIpc) is 2.90. The third-order valence-corrected chi connectivity index (χ3v) is 5.14. The van der Waals surface area contributed by atoms with E-state index in [4.69, 9.17) is 16.7 Å². The zero-order chi connectivity index (χ0) is 16.6. The normalized spacial score (nSPS) is 22.7. The van der Waals surface area contributed by atoms with Gasteiger partial charge in [-0.25, -0.2) is 0 Å². The molecule has 2 aliphatic rings. The standard InChI is InChI=1S/C17H21ClN2O3/c1-11-4-6-19(7-5-11)15-3-2-13(9-14(15)18)20-10-12(17(22)23)8-16(20)21/h2-3,9,11-12H,4-8,10H2,1H3,(H,22,23)/t12-/m0/s1. The van der Waals surface area contributed by atoms with Crippen molar-refractivity contribution < 1.29 is 14.7 Å². The number of piperidine rings is 1. The summed E-state index contributed by atoms with van der Waals surface area (Å²) in [6.07, 6.45) is 2.37. The minimum Gasteiger partial charge on any atom is -0.481 e. The molecule has 0 radical (unpaired) electrons. The van der Waals surface area contributed by atoms with Gasteiger partial charge in [0.2, 0.25) is 5.91 Å². The lowest BCUT2D eigenvalue weighted by molar-refractivity contribution is -0.141. The number of carboxylic acids is 1. The van der Waals surface area contributed by atoms with Gasteiger partial charge in [-0.3, -0.25) is 9.59 Å². The molecule has 1 aromatic rings. The number of carbonyl (C=O) groups excluding carboxylic acids is 1. The maximum absolute atomic E-state index is 12.0. The number of hydrogen-bond donors (Lipinski definition) is 1. The highest BCUT2D eigenvalue weighted by molar-refractivity contribution is 6.33. The highest BCUT2D eigenvalue weighted by Crippen LogP contribution is 2.34. The van der Waals surface area contributed by atoms with E-state index in [1.165, 1.54) is 4.90 Å². The highest BCUT2D eigenvalue weighted by atomic mass is 35.5. The molecule has 2 heterocycles. The summed E-state index contributed by atoms with van der Waals surface area (Å²) in [5.41, 5.74) is 1.67. The molecular weight excluding hydrogens is 316 g/mol. The van der Waals surface area contributed by atoms with Gasteiger partial charge in [-0.15, -0.1) is 0 Å². The van der Waals surface area contributed by atoms with Gasteiger partial charge in [0.1, 0.15) is 0 Å². The lowest BCUT2D eigenvalue weighted by atomic mass is 9.99. The molecule has 1 amide bonds. The predicted molar refractivity (Wildman–Crippen MR) is 90.2 cm³/mol. The Morgan fingerprint density at radius 3 is 2.57 bits per heavy atom. The van der Waals surface area contributed by atoms with Crippen LogP contribution in [0.2, 0.25) is 5.02 Å². The molecule has 1 aromatic carbocycles. The fourth-order valence-corrected chi connectivity index (χ4v) is 3.59. The Morgan fingerprint density at radius 2 is 2.00 bits per heavy atom. The van der Waals surface area contributed by atoms with E-state index in [0.29, 0.717) is 10.7 Å². The summed E-state index contributed by atoms with van der Waals surface area (Å²) in [4.78, 5) is 26.9. The van der Waals surface area contributed by atoms with Crippen LogP contribution in [0.4, 0.5) is 11.4 Å². The molecule has 2 saturated heterocycles. The third-order valence-electron chi connectivity index (χ3n) is 4.84. The van der Waals surface area contributed by atoms with Crippen LogP contribution in [0.3, 0.4) is 0 Å². The number of amides is 1. The quantitative estimate of drug-likeness (QED) is 0.921. The van der Waals surface area contributed by atoms with Crippen LogP contribution >= 0.6 is 11.6 Å². The maximum Gasteiger partial charge on any atom is 0.308 e. The maximum atomic E-state index is 12.0. The fourth-order valence-electron chi connectivity index (χ4n) is 3.29. The van der Waals surface area contributed by atoms with Crippen molar-refractivity contribution in [3.63, 3.8) is 0 Å². The number of anilines is 2. The van der Waals surface area contributed by atoms with E-state index in [-0.39, 0.29) is 18.9 Å². The summed E-state index contributed by atoms with van der Waals surface area (Å²) in [6.45, 7) is 4.46. The first-order valence-corrected chi connectivity index (χ1v) is 8.41. The van der Waals surface area contributed by atoms with Gasteiger partial charge < -0.3 is 14.9 Å².